The van der Waals surface area contributed by atoms with Crippen LogP contribution in [0.2, 0.25) is 0 Å². The second-order valence-corrected chi connectivity index (χ2v) is 5.78. The van der Waals surface area contributed by atoms with E-state index in [0.29, 0.717) is 12.8 Å². The lowest BCUT2D eigenvalue weighted by atomic mass is 9.98. The molecule has 0 radical (unpaired) electrons. The normalized spacial score (nSPS) is 25.3. The molecule has 1 aromatic carbocycles. The Morgan fingerprint density at radius 2 is 2.06 bits per heavy atom. The second-order valence-electron chi connectivity index (χ2n) is 5.78. The van der Waals surface area contributed by atoms with Crippen molar-refractivity contribution in [1.29, 1.82) is 0 Å². The van der Waals surface area contributed by atoms with E-state index in [-0.39, 0.29) is 5.54 Å². The van der Waals surface area contributed by atoms with Gasteiger partial charge in [-0.2, -0.15) is 0 Å². The van der Waals surface area contributed by atoms with Crippen LogP contribution in [-0.4, -0.2) is 31.5 Å². The highest BCUT2D eigenvalue weighted by Gasteiger charge is 2.31. The first-order chi connectivity index (χ1) is 8.55. The van der Waals surface area contributed by atoms with E-state index in [9.17, 15) is 0 Å². The highest BCUT2D eigenvalue weighted by atomic mass is 16.7. The van der Waals surface area contributed by atoms with Gasteiger partial charge in [0.2, 0.25) is 6.79 Å². The molecule has 0 bridgehead atoms. The maximum Gasteiger partial charge on any atom is 0.231 e. The SMILES string of the molecule is CC1CNC(C)(C)CN1c1ccc2c(c1)OCO2. The minimum atomic E-state index is 0.142. The van der Waals surface area contributed by atoms with Gasteiger partial charge in [-0.1, -0.05) is 0 Å². The molecule has 3 rings (SSSR count). The molecule has 4 heteroatoms. The number of anilines is 1. The summed E-state index contributed by atoms with van der Waals surface area (Å²) in [5.74, 6) is 1.71. The van der Waals surface area contributed by atoms with E-state index in [4.69, 9.17) is 9.47 Å². The molecule has 0 amide bonds. The fourth-order valence-corrected chi connectivity index (χ4v) is 2.58. The lowest BCUT2D eigenvalue weighted by molar-refractivity contribution is 0.174. The third-order valence-electron chi connectivity index (χ3n) is 3.66. The molecule has 0 aliphatic carbocycles. The van der Waals surface area contributed by atoms with Crippen LogP contribution in [0.3, 0.4) is 0 Å². The van der Waals surface area contributed by atoms with Gasteiger partial charge in [0.05, 0.1) is 0 Å². The van der Waals surface area contributed by atoms with Gasteiger partial charge in [0.15, 0.2) is 11.5 Å². The minimum absolute atomic E-state index is 0.142. The van der Waals surface area contributed by atoms with E-state index >= 15 is 0 Å². The molecule has 1 saturated heterocycles. The van der Waals surface area contributed by atoms with Crippen molar-refractivity contribution in [2.24, 2.45) is 0 Å². The summed E-state index contributed by atoms with van der Waals surface area (Å²) < 4.78 is 10.8. The van der Waals surface area contributed by atoms with Crippen molar-refractivity contribution in [1.82, 2.24) is 5.32 Å². The van der Waals surface area contributed by atoms with Crippen LogP contribution in [0.4, 0.5) is 5.69 Å². The number of rotatable bonds is 1. The van der Waals surface area contributed by atoms with E-state index in [1.165, 1.54) is 5.69 Å². The topological polar surface area (TPSA) is 33.7 Å². The number of benzene rings is 1. The molecule has 4 nitrogen and oxygen atoms in total. The Labute approximate surface area is 108 Å². The standard InChI is InChI=1S/C14H20N2O2/c1-10-7-15-14(2,3)8-16(10)11-4-5-12-13(6-11)18-9-17-12/h4-6,10,15H,7-9H2,1-3H3. The Balaban J connectivity index is 1.89. The first-order valence-corrected chi connectivity index (χ1v) is 6.46. The Hall–Kier alpha value is -1.42. The van der Waals surface area contributed by atoms with Crippen molar-refractivity contribution in [2.75, 3.05) is 24.8 Å². The third-order valence-corrected chi connectivity index (χ3v) is 3.66. The Kier molecular flexibility index (Phi) is 2.63. The van der Waals surface area contributed by atoms with Gasteiger partial charge in [0, 0.05) is 36.4 Å². The van der Waals surface area contributed by atoms with Crippen molar-refractivity contribution in [3.63, 3.8) is 0 Å². The summed E-state index contributed by atoms with van der Waals surface area (Å²) in [5, 5.41) is 3.56. The molecular formula is C14H20N2O2. The van der Waals surface area contributed by atoms with Gasteiger partial charge in [-0.15, -0.1) is 0 Å². The van der Waals surface area contributed by atoms with Gasteiger partial charge in [-0.3, -0.25) is 0 Å². The van der Waals surface area contributed by atoms with Crippen molar-refractivity contribution >= 4 is 5.69 Å². The summed E-state index contributed by atoms with van der Waals surface area (Å²) in [6, 6.07) is 6.68. The Morgan fingerprint density at radius 3 is 2.89 bits per heavy atom. The van der Waals surface area contributed by atoms with Crippen molar-refractivity contribution in [2.45, 2.75) is 32.4 Å². The molecular weight excluding hydrogens is 228 g/mol. The van der Waals surface area contributed by atoms with E-state index in [2.05, 4.69) is 43.1 Å². The molecule has 1 fully saturated rings. The summed E-state index contributed by atoms with van der Waals surface area (Å²) in [6.07, 6.45) is 0. The molecule has 0 saturated carbocycles. The average molecular weight is 248 g/mol. The van der Waals surface area contributed by atoms with Gasteiger partial charge >= 0.3 is 0 Å². The predicted molar refractivity (Wildman–Crippen MR) is 71.5 cm³/mol. The van der Waals surface area contributed by atoms with Crippen LogP contribution in [0.1, 0.15) is 20.8 Å². The van der Waals surface area contributed by atoms with E-state index in [1.807, 2.05) is 6.07 Å². The maximum absolute atomic E-state index is 5.45. The number of hydrogen-bond acceptors (Lipinski definition) is 4. The highest BCUT2D eigenvalue weighted by molar-refractivity contribution is 5.58. The molecule has 0 aromatic heterocycles. The van der Waals surface area contributed by atoms with Crippen LogP contribution in [0.25, 0.3) is 0 Å². The predicted octanol–water partition coefficient (Wildman–Crippen LogP) is 1.99. The van der Waals surface area contributed by atoms with Crippen molar-refractivity contribution in [3.8, 4) is 11.5 Å². The van der Waals surface area contributed by atoms with Gasteiger partial charge in [-0.05, 0) is 32.9 Å². The van der Waals surface area contributed by atoms with Crippen LogP contribution in [0.5, 0.6) is 11.5 Å². The number of hydrogen-bond donors (Lipinski definition) is 1. The third kappa shape index (κ3) is 2.01. The van der Waals surface area contributed by atoms with Gasteiger partial charge in [-0.25, -0.2) is 0 Å². The summed E-state index contributed by atoms with van der Waals surface area (Å²) in [5.41, 5.74) is 1.35. The van der Waals surface area contributed by atoms with Crippen molar-refractivity contribution < 1.29 is 9.47 Å². The van der Waals surface area contributed by atoms with Crippen LogP contribution >= 0.6 is 0 Å². The monoisotopic (exact) mass is 248 g/mol. The molecule has 2 heterocycles. The highest BCUT2D eigenvalue weighted by Crippen LogP contribution is 2.36. The Morgan fingerprint density at radius 1 is 1.28 bits per heavy atom. The molecule has 0 spiro atoms. The van der Waals surface area contributed by atoms with Crippen LogP contribution in [0, 0.1) is 0 Å². The summed E-state index contributed by atoms with van der Waals surface area (Å²) in [7, 11) is 0. The summed E-state index contributed by atoms with van der Waals surface area (Å²) in [4.78, 5) is 2.43. The number of piperazine rings is 1. The Bertz CT molecular complexity index is 459. The summed E-state index contributed by atoms with van der Waals surface area (Å²) >= 11 is 0. The average Bonchev–Trinajstić information content (AvgIpc) is 2.79. The van der Waals surface area contributed by atoms with E-state index in [0.717, 1.165) is 24.6 Å². The quantitative estimate of drug-likeness (QED) is 0.824. The largest absolute Gasteiger partial charge is 0.454 e. The molecule has 2 aliphatic heterocycles. The first kappa shape index (κ1) is 11.7. The zero-order chi connectivity index (χ0) is 12.8. The number of ether oxygens (including phenoxy) is 2. The van der Waals surface area contributed by atoms with Gasteiger partial charge in [0.25, 0.3) is 0 Å². The first-order valence-electron chi connectivity index (χ1n) is 6.46. The lowest BCUT2D eigenvalue weighted by Crippen LogP contribution is -2.61. The molecule has 98 valence electrons. The minimum Gasteiger partial charge on any atom is -0.454 e. The molecule has 1 aromatic rings. The second kappa shape index (κ2) is 4.05. The van der Waals surface area contributed by atoms with E-state index < -0.39 is 0 Å². The number of nitrogens with one attached hydrogen (secondary N) is 1. The van der Waals surface area contributed by atoms with Gasteiger partial charge in [0.1, 0.15) is 0 Å². The fourth-order valence-electron chi connectivity index (χ4n) is 2.58. The molecule has 2 aliphatic rings. The van der Waals surface area contributed by atoms with Crippen LogP contribution < -0.4 is 19.7 Å². The maximum atomic E-state index is 5.45. The zero-order valence-corrected chi connectivity index (χ0v) is 11.2. The molecule has 1 N–H and O–H groups in total. The smallest absolute Gasteiger partial charge is 0.231 e. The van der Waals surface area contributed by atoms with Gasteiger partial charge < -0.3 is 19.7 Å². The number of fused-ring (bicyclic) bond motifs is 1. The molecule has 1 unspecified atom stereocenters. The zero-order valence-electron chi connectivity index (χ0n) is 11.2. The van der Waals surface area contributed by atoms with E-state index in [1.54, 1.807) is 0 Å². The number of nitrogens with zero attached hydrogens (tertiary/aromatic N) is 1. The fraction of sp³-hybridized carbons (Fsp3) is 0.571. The van der Waals surface area contributed by atoms with Crippen LogP contribution in [-0.2, 0) is 0 Å². The van der Waals surface area contributed by atoms with Crippen molar-refractivity contribution in [3.05, 3.63) is 18.2 Å². The molecule has 1 atom stereocenters. The molecule has 18 heavy (non-hydrogen) atoms. The summed E-state index contributed by atoms with van der Waals surface area (Å²) in [6.45, 7) is 9.04. The lowest BCUT2D eigenvalue weighted by Gasteiger charge is -2.44. The van der Waals surface area contributed by atoms with Crippen LogP contribution in [0.15, 0.2) is 18.2 Å².